The monoisotopic (exact) mass is 1000 g/mol. The quantitative estimate of drug-likeness (QED) is 0.265. The molecule has 0 heterocycles. The van der Waals surface area contributed by atoms with Crippen LogP contribution in [-0.2, 0) is 4.32 Å². The van der Waals surface area contributed by atoms with Crippen LogP contribution < -0.4 is 0 Å². The Balaban J connectivity index is 3.68. The second-order valence-electron chi connectivity index (χ2n) is 4.08. The Labute approximate surface area is 222 Å². The maximum Gasteiger partial charge on any atom is 0.162 e. The van der Waals surface area contributed by atoms with Gasteiger partial charge < -0.3 is 0 Å². The zero-order valence-electron chi connectivity index (χ0n) is 9.97. The summed E-state index contributed by atoms with van der Waals surface area (Å²) < 4.78 is -3.78. The van der Waals surface area contributed by atoms with E-state index in [2.05, 4.69) is 181 Å². The Morgan fingerprint density at radius 1 is 0.636 bits per heavy atom. The highest BCUT2D eigenvalue weighted by Crippen LogP contribution is 2.74. The van der Waals surface area contributed by atoms with Crippen LogP contribution in [0.15, 0.2) is 24.3 Å². The van der Waals surface area contributed by atoms with Crippen LogP contribution in [-0.4, -0.2) is 10.8 Å². The van der Waals surface area contributed by atoms with Crippen LogP contribution in [0.4, 0.5) is 0 Å². The first kappa shape index (κ1) is 24.5. The molecule has 0 nitrogen and oxygen atoms in total. The van der Waals surface area contributed by atoms with Gasteiger partial charge in [0.2, 0.25) is 0 Å². The van der Waals surface area contributed by atoms with Crippen molar-refractivity contribution in [2.45, 2.75) is 15.1 Å². The highest BCUT2D eigenvalue weighted by molar-refractivity contribution is 9.42. The van der Waals surface area contributed by atoms with Gasteiger partial charge >= 0.3 is 0 Å². The third kappa shape index (κ3) is 4.56. The molecular weight excluding hydrogens is 1010 g/mol. The number of benzene rings is 1. The minimum atomic E-state index is -0.815. The first-order valence-corrected chi connectivity index (χ1v) is 13.9. The average Bonchev–Trinajstić information content (AvgIpc) is 2.35. The minimum Gasteiger partial charge on any atom is -0.0740 e. The molecule has 1 radical (unpaired) electrons. The second-order valence-corrected chi connectivity index (χ2v) is 25.7. The van der Waals surface area contributed by atoms with E-state index in [1.54, 1.807) is 0 Å². The summed E-state index contributed by atoms with van der Waals surface area (Å²) in [5.74, 6) is 0. The van der Waals surface area contributed by atoms with Crippen molar-refractivity contribution < 1.29 is 0 Å². The molecule has 0 fully saturated rings. The van der Waals surface area contributed by atoms with Gasteiger partial charge in [0, 0.05) is 0 Å². The zero-order chi connectivity index (χ0) is 17.6. The maximum absolute atomic E-state index is 3.88. The van der Waals surface area contributed by atoms with E-state index in [1.807, 2.05) is 24.3 Å². The largest absolute Gasteiger partial charge is 0.162 e. The third-order valence-electron chi connectivity index (χ3n) is 2.65. The lowest BCUT2D eigenvalue weighted by atomic mass is 9.95. The fourth-order valence-electron chi connectivity index (χ4n) is 1.50. The molecule has 1 unspecified atom stereocenters. The van der Waals surface area contributed by atoms with E-state index in [-0.39, 0.29) is 0 Å². The standard InChI is InChI=1S/C11H4Br11/c12-7(10(17,18)19,6-4-2-1-3-5-6)8(13,14)9(15,16)11(20,21)22/h1-4H. The van der Waals surface area contributed by atoms with Crippen molar-refractivity contribution in [3.63, 3.8) is 0 Å². The molecule has 0 bridgehead atoms. The normalized spacial score (nSPS) is 17.2. The predicted molar refractivity (Wildman–Crippen MR) is 136 cm³/mol. The Morgan fingerprint density at radius 3 is 1.45 bits per heavy atom. The van der Waals surface area contributed by atoms with Gasteiger partial charge in [0.25, 0.3) is 0 Å². The van der Waals surface area contributed by atoms with Crippen molar-refractivity contribution in [2.24, 2.45) is 0 Å². The van der Waals surface area contributed by atoms with E-state index in [0.717, 1.165) is 5.56 Å². The molecule has 0 N–H and O–H groups in total. The van der Waals surface area contributed by atoms with Crippen LogP contribution in [0.2, 0.25) is 0 Å². The van der Waals surface area contributed by atoms with Crippen molar-refractivity contribution >= 4 is 175 Å². The number of halogens is 11. The molecule has 125 valence electrons. The molecule has 0 aliphatic carbocycles. The summed E-state index contributed by atoms with van der Waals surface area (Å²) in [4.78, 5) is 0. The lowest BCUT2D eigenvalue weighted by molar-refractivity contribution is 0.597. The first-order chi connectivity index (χ1) is 9.61. The fraction of sp³-hybridized carbons (Fsp3) is 0.455. The van der Waals surface area contributed by atoms with Crippen molar-refractivity contribution in [3.05, 3.63) is 35.9 Å². The molecule has 0 aliphatic heterocycles. The van der Waals surface area contributed by atoms with E-state index >= 15 is 0 Å². The fourth-order valence-corrected chi connectivity index (χ4v) is 10.4. The Hall–Kier alpha value is 4.50. The molecule has 1 aromatic carbocycles. The number of hydrogen-bond donors (Lipinski definition) is 0. The van der Waals surface area contributed by atoms with E-state index in [9.17, 15) is 0 Å². The van der Waals surface area contributed by atoms with Gasteiger partial charge in [-0.05, 0) is 11.6 Å². The summed E-state index contributed by atoms with van der Waals surface area (Å²) in [7, 11) is 0. The summed E-state index contributed by atoms with van der Waals surface area (Å²) in [6.07, 6.45) is 0. The van der Waals surface area contributed by atoms with Gasteiger partial charge in [-0.25, -0.2) is 0 Å². The highest BCUT2D eigenvalue weighted by atomic mass is 80.0. The van der Waals surface area contributed by atoms with Gasteiger partial charge in [-0.15, -0.1) is 0 Å². The highest BCUT2D eigenvalue weighted by Gasteiger charge is 2.70. The molecule has 1 aromatic rings. The lowest BCUT2D eigenvalue weighted by Gasteiger charge is -2.52. The molecule has 0 aromatic heterocycles. The molecule has 0 saturated carbocycles. The lowest BCUT2D eigenvalue weighted by Crippen LogP contribution is -2.59. The number of hydrogen-bond acceptors (Lipinski definition) is 0. The number of rotatable bonds is 3. The van der Waals surface area contributed by atoms with Gasteiger partial charge in [0.05, 0.1) is 0 Å². The van der Waals surface area contributed by atoms with Gasteiger partial charge in [0.1, 0.15) is 10.8 Å². The molecule has 1 atom stereocenters. The molecule has 1 rings (SSSR count). The summed E-state index contributed by atoms with van der Waals surface area (Å²) >= 11 is 40.6. The van der Waals surface area contributed by atoms with Crippen molar-refractivity contribution in [2.75, 3.05) is 0 Å². The van der Waals surface area contributed by atoms with E-state index in [0.29, 0.717) is 0 Å². The Kier molecular flexibility index (Phi) is 9.45. The van der Waals surface area contributed by atoms with Gasteiger partial charge in [-0.2, -0.15) is 0 Å². The molecular formula is C11H4Br11. The van der Waals surface area contributed by atoms with E-state index < -0.39 is 15.1 Å². The smallest absolute Gasteiger partial charge is 0.0740 e. The molecule has 0 spiro atoms. The molecule has 11 heteroatoms. The van der Waals surface area contributed by atoms with Crippen molar-refractivity contribution in [1.29, 1.82) is 0 Å². The van der Waals surface area contributed by atoms with Crippen LogP contribution in [0, 0.1) is 6.07 Å². The van der Waals surface area contributed by atoms with Gasteiger partial charge in [0.15, 0.2) is 4.29 Å². The predicted octanol–water partition coefficient (Wildman–Crippen LogP) is 9.73. The van der Waals surface area contributed by atoms with Crippen LogP contribution in [0.1, 0.15) is 5.56 Å². The van der Waals surface area contributed by atoms with Crippen LogP contribution >= 0.6 is 175 Å². The zero-order valence-corrected chi connectivity index (χ0v) is 27.4. The maximum atomic E-state index is 3.88. The SMILES string of the molecule is BrC(Br)(Br)C(Br)(Br)C(Br)(Br)C(Br)(c1[c]cccc1)C(Br)(Br)Br. The molecule has 0 aliphatic rings. The van der Waals surface area contributed by atoms with E-state index in [1.165, 1.54) is 0 Å². The second kappa shape index (κ2) is 8.47. The van der Waals surface area contributed by atoms with Gasteiger partial charge in [-0.3, -0.25) is 0 Å². The molecule has 0 amide bonds. The topological polar surface area (TPSA) is 0 Å². The summed E-state index contributed by atoms with van der Waals surface area (Å²) in [5, 5.41) is 0. The average molecular weight is 1020 g/mol. The first-order valence-electron chi connectivity index (χ1n) is 5.16. The van der Waals surface area contributed by atoms with Crippen molar-refractivity contribution in [3.8, 4) is 0 Å². The van der Waals surface area contributed by atoms with E-state index in [4.69, 9.17) is 0 Å². The molecule has 0 saturated heterocycles. The summed E-state index contributed by atoms with van der Waals surface area (Å²) in [6, 6.07) is 11.0. The molecule has 22 heavy (non-hydrogen) atoms. The van der Waals surface area contributed by atoms with Crippen molar-refractivity contribution in [1.82, 2.24) is 0 Å². The third-order valence-corrected chi connectivity index (χ3v) is 20.6. The Morgan fingerprint density at radius 2 is 1.14 bits per heavy atom. The van der Waals surface area contributed by atoms with Crippen LogP contribution in [0.25, 0.3) is 0 Å². The minimum absolute atomic E-state index is 0.695. The summed E-state index contributed by atoms with van der Waals surface area (Å²) in [6.45, 7) is 0. The number of alkyl halides is 11. The van der Waals surface area contributed by atoms with Crippen LogP contribution in [0.5, 0.6) is 0 Å². The summed E-state index contributed by atoms with van der Waals surface area (Å²) in [5.41, 5.74) is 0.884. The van der Waals surface area contributed by atoms with Gasteiger partial charge in [-0.1, -0.05) is 199 Å². The van der Waals surface area contributed by atoms with Crippen LogP contribution in [0.3, 0.4) is 0 Å². The Bertz CT molecular complexity index is 513.